The summed E-state index contributed by atoms with van der Waals surface area (Å²) in [5.74, 6) is 0.838. The third-order valence-electron chi connectivity index (χ3n) is 3.79. The number of halogens is 1. The second-order valence-corrected chi connectivity index (χ2v) is 6.78. The zero-order valence-electron chi connectivity index (χ0n) is 13.0. The number of hydrogen-bond acceptors (Lipinski definition) is 4. The van der Waals surface area contributed by atoms with Gasteiger partial charge < -0.3 is 15.2 Å². The Morgan fingerprint density at radius 3 is 2.86 bits per heavy atom. The molecule has 0 aromatic heterocycles. The summed E-state index contributed by atoms with van der Waals surface area (Å²) in [6.45, 7) is 9.63. The predicted octanol–water partition coefficient (Wildman–Crippen LogP) is 2.96. The summed E-state index contributed by atoms with van der Waals surface area (Å²) in [4.78, 5) is 2.42. The van der Waals surface area contributed by atoms with Gasteiger partial charge in [0.15, 0.2) is 0 Å². The molecule has 2 rings (SSSR count). The molecule has 1 fully saturated rings. The number of benzene rings is 1. The van der Waals surface area contributed by atoms with Crippen LogP contribution in [0.3, 0.4) is 0 Å². The lowest BCUT2D eigenvalue weighted by Gasteiger charge is -2.35. The minimum absolute atomic E-state index is 0.0486. The highest BCUT2D eigenvalue weighted by atomic mass is 79.9. The van der Waals surface area contributed by atoms with Crippen LogP contribution in [0.1, 0.15) is 32.4 Å². The van der Waals surface area contributed by atoms with Gasteiger partial charge in [0.1, 0.15) is 18.5 Å². The predicted molar refractivity (Wildman–Crippen MR) is 88.7 cm³/mol. The number of hydrogen-bond donors (Lipinski definition) is 1. The van der Waals surface area contributed by atoms with Crippen LogP contribution in [0.2, 0.25) is 0 Å². The molecule has 2 atom stereocenters. The van der Waals surface area contributed by atoms with E-state index in [9.17, 15) is 0 Å². The quantitative estimate of drug-likeness (QED) is 0.880. The number of rotatable bonds is 5. The molecule has 2 N–H and O–H groups in total. The molecule has 118 valence electrons. The fourth-order valence-corrected chi connectivity index (χ4v) is 2.84. The van der Waals surface area contributed by atoms with Gasteiger partial charge in [-0.25, -0.2) is 0 Å². The van der Waals surface area contributed by atoms with E-state index in [0.29, 0.717) is 12.6 Å². The van der Waals surface area contributed by atoms with Crippen LogP contribution in [0.15, 0.2) is 22.7 Å². The fraction of sp³-hybridized carbons (Fsp3) is 0.625. The molecular formula is C16H25BrN2O2. The molecule has 1 saturated heterocycles. The molecule has 0 radical (unpaired) electrons. The van der Waals surface area contributed by atoms with E-state index in [1.807, 2.05) is 25.1 Å². The molecule has 1 aliphatic rings. The molecule has 4 nitrogen and oxygen atoms in total. The summed E-state index contributed by atoms with van der Waals surface area (Å²) in [5, 5.41) is 0. The fourth-order valence-electron chi connectivity index (χ4n) is 2.50. The smallest absolute Gasteiger partial charge is 0.125 e. The highest BCUT2D eigenvalue weighted by Gasteiger charge is 2.23. The van der Waals surface area contributed by atoms with Gasteiger partial charge in [0.2, 0.25) is 0 Å². The van der Waals surface area contributed by atoms with E-state index in [-0.39, 0.29) is 12.1 Å². The third-order valence-corrected chi connectivity index (χ3v) is 4.28. The Bertz CT molecular complexity index is 466. The van der Waals surface area contributed by atoms with Gasteiger partial charge in [0.05, 0.1) is 6.61 Å². The lowest BCUT2D eigenvalue weighted by molar-refractivity contribution is -0.0565. The van der Waals surface area contributed by atoms with Crippen molar-refractivity contribution in [2.45, 2.75) is 39.0 Å². The van der Waals surface area contributed by atoms with Crippen molar-refractivity contribution in [3.05, 3.63) is 28.2 Å². The monoisotopic (exact) mass is 356 g/mol. The highest BCUT2D eigenvalue weighted by Crippen LogP contribution is 2.28. The first-order valence-corrected chi connectivity index (χ1v) is 8.30. The van der Waals surface area contributed by atoms with Crippen molar-refractivity contribution in [2.75, 3.05) is 26.3 Å². The largest absolute Gasteiger partial charge is 0.490 e. The van der Waals surface area contributed by atoms with Crippen molar-refractivity contribution in [1.82, 2.24) is 4.90 Å². The minimum atomic E-state index is -0.0486. The molecule has 0 amide bonds. The molecule has 1 aromatic carbocycles. The van der Waals surface area contributed by atoms with E-state index >= 15 is 0 Å². The standard InChI is InChI=1S/C16H25BrN2O2/c1-11(2)19-6-7-20-14(9-19)10-21-16-8-13(17)4-5-15(16)12(3)18/h4-5,8,11-12,14H,6-7,9-10,18H2,1-3H3. The Hall–Kier alpha value is -0.620. The van der Waals surface area contributed by atoms with E-state index in [4.69, 9.17) is 15.2 Å². The summed E-state index contributed by atoms with van der Waals surface area (Å²) >= 11 is 3.48. The maximum atomic E-state index is 6.00. The average Bonchev–Trinajstić information content (AvgIpc) is 2.45. The van der Waals surface area contributed by atoms with E-state index in [1.165, 1.54) is 0 Å². The SMILES string of the molecule is CC(N)c1ccc(Br)cc1OCC1CN(C(C)C)CCO1. The first kappa shape index (κ1) is 16.7. The first-order chi connectivity index (χ1) is 9.97. The summed E-state index contributed by atoms with van der Waals surface area (Å²) in [5.41, 5.74) is 7.02. The molecule has 1 aromatic rings. The van der Waals surface area contributed by atoms with Crippen LogP contribution in [0.4, 0.5) is 0 Å². The molecule has 21 heavy (non-hydrogen) atoms. The van der Waals surface area contributed by atoms with Crippen molar-refractivity contribution in [2.24, 2.45) is 5.73 Å². The van der Waals surface area contributed by atoms with Gasteiger partial charge in [-0.1, -0.05) is 22.0 Å². The van der Waals surface area contributed by atoms with Gasteiger partial charge in [-0.05, 0) is 32.9 Å². The van der Waals surface area contributed by atoms with E-state index in [1.54, 1.807) is 0 Å². The van der Waals surface area contributed by atoms with Crippen LogP contribution in [0.25, 0.3) is 0 Å². The summed E-state index contributed by atoms with van der Waals surface area (Å²) in [6.07, 6.45) is 0.112. The number of morpholine rings is 1. The van der Waals surface area contributed by atoms with Crippen LogP contribution >= 0.6 is 15.9 Å². The molecule has 0 aliphatic carbocycles. The Morgan fingerprint density at radius 2 is 2.19 bits per heavy atom. The van der Waals surface area contributed by atoms with Crippen molar-refractivity contribution >= 4 is 15.9 Å². The third kappa shape index (κ3) is 4.68. The van der Waals surface area contributed by atoms with Crippen LogP contribution < -0.4 is 10.5 Å². The van der Waals surface area contributed by atoms with Crippen molar-refractivity contribution in [3.8, 4) is 5.75 Å². The van der Waals surface area contributed by atoms with Crippen molar-refractivity contribution in [1.29, 1.82) is 0 Å². The summed E-state index contributed by atoms with van der Waals surface area (Å²) < 4.78 is 12.8. The van der Waals surface area contributed by atoms with Crippen LogP contribution in [-0.2, 0) is 4.74 Å². The number of nitrogens with zero attached hydrogens (tertiary/aromatic N) is 1. The zero-order chi connectivity index (χ0) is 15.4. The molecule has 0 spiro atoms. The summed E-state index contributed by atoms with van der Waals surface area (Å²) in [7, 11) is 0. The highest BCUT2D eigenvalue weighted by molar-refractivity contribution is 9.10. The first-order valence-electron chi connectivity index (χ1n) is 7.51. The topological polar surface area (TPSA) is 47.7 Å². The zero-order valence-corrected chi connectivity index (χ0v) is 14.6. The molecule has 1 heterocycles. The van der Waals surface area contributed by atoms with E-state index in [0.717, 1.165) is 35.5 Å². The molecule has 5 heteroatoms. The Balaban J connectivity index is 1.98. The van der Waals surface area contributed by atoms with Gasteiger partial charge in [0.25, 0.3) is 0 Å². The molecular weight excluding hydrogens is 332 g/mol. The summed E-state index contributed by atoms with van der Waals surface area (Å²) in [6, 6.07) is 6.46. The van der Waals surface area contributed by atoms with E-state index in [2.05, 4.69) is 34.7 Å². The van der Waals surface area contributed by atoms with Crippen molar-refractivity contribution in [3.63, 3.8) is 0 Å². The Morgan fingerprint density at radius 1 is 1.43 bits per heavy atom. The normalized spacial score (nSPS) is 21.5. The van der Waals surface area contributed by atoms with Gasteiger partial charge in [0, 0.05) is 35.2 Å². The van der Waals surface area contributed by atoms with Gasteiger partial charge in [-0.15, -0.1) is 0 Å². The maximum Gasteiger partial charge on any atom is 0.125 e. The lowest BCUT2D eigenvalue weighted by Crippen LogP contribution is -2.47. The number of nitrogens with two attached hydrogens (primary N) is 1. The second-order valence-electron chi connectivity index (χ2n) is 5.86. The van der Waals surface area contributed by atoms with E-state index < -0.39 is 0 Å². The molecule has 2 unspecified atom stereocenters. The van der Waals surface area contributed by atoms with Gasteiger partial charge in [-0.3, -0.25) is 4.90 Å². The maximum absolute atomic E-state index is 6.00. The molecule has 0 bridgehead atoms. The average molecular weight is 357 g/mol. The lowest BCUT2D eigenvalue weighted by atomic mass is 10.1. The number of ether oxygens (including phenoxy) is 2. The molecule has 0 saturated carbocycles. The van der Waals surface area contributed by atoms with Crippen LogP contribution in [-0.4, -0.2) is 43.3 Å². The van der Waals surface area contributed by atoms with Crippen LogP contribution in [0.5, 0.6) is 5.75 Å². The van der Waals surface area contributed by atoms with Crippen LogP contribution in [0, 0.1) is 0 Å². The Labute approximate surface area is 135 Å². The van der Waals surface area contributed by atoms with Gasteiger partial charge >= 0.3 is 0 Å². The molecule has 1 aliphatic heterocycles. The van der Waals surface area contributed by atoms with Gasteiger partial charge in [-0.2, -0.15) is 0 Å². The van der Waals surface area contributed by atoms with Crippen molar-refractivity contribution < 1.29 is 9.47 Å². The Kier molecular flexibility index (Phi) is 6.05. The minimum Gasteiger partial charge on any atom is -0.490 e. The second kappa shape index (κ2) is 7.58.